The van der Waals surface area contributed by atoms with Gasteiger partial charge in [-0.15, -0.1) is 0 Å². The van der Waals surface area contributed by atoms with E-state index in [1.54, 1.807) is 6.07 Å². The molecular weight excluding hydrogens is 346 g/mol. The maximum atomic E-state index is 12.2. The van der Waals surface area contributed by atoms with Gasteiger partial charge in [0, 0.05) is 18.0 Å². The van der Waals surface area contributed by atoms with Crippen LogP contribution < -0.4 is 10.9 Å². The first-order valence-corrected chi connectivity index (χ1v) is 9.49. The Bertz CT molecular complexity index is 1110. The molecule has 0 bridgehead atoms. The van der Waals surface area contributed by atoms with Crippen LogP contribution in [0.2, 0.25) is 0 Å². The number of aryl methyl sites for hydroxylation is 2. The zero-order valence-corrected chi connectivity index (χ0v) is 16.1. The molecule has 0 unspecified atom stereocenters. The van der Waals surface area contributed by atoms with Crippen LogP contribution in [-0.2, 0) is 6.54 Å². The molecule has 4 aromatic rings. The van der Waals surface area contributed by atoms with E-state index in [1.165, 1.54) is 11.1 Å². The predicted octanol–water partition coefficient (Wildman–Crippen LogP) is 5.29. The van der Waals surface area contributed by atoms with E-state index in [1.807, 2.05) is 56.3 Å². The molecule has 3 heteroatoms. The lowest BCUT2D eigenvalue weighted by atomic mass is 9.98. The zero-order chi connectivity index (χ0) is 19.5. The van der Waals surface area contributed by atoms with Gasteiger partial charge in [-0.2, -0.15) is 0 Å². The first-order chi connectivity index (χ1) is 13.6. The SMILES string of the molecule is Cc1ccc2c(CNC(c3ccccc3)c3ccccc3)cc(=O)oc2c1C. The number of benzene rings is 3. The monoisotopic (exact) mass is 369 g/mol. The van der Waals surface area contributed by atoms with Crippen molar-refractivity contribution in [2.75, 3.05) is 0 Å². The molecule has 0 fully saturated rings. The Balaban J connectivity index is 1.72. The Labute approximate surface area is 164 Å². The van der Waals surface area contributed by atoms with Crippen molar-refractivity contribution in [3.63, 3.8) is 0 Å². The van der Waals surface area contributed by atoms with Gasteiger partial charge in [0.15, 0.2) is 0 Å². The van der Waals surface area contributed by atoms with Crippen LogP contribution in [-0.4, -0.2) is 0 Å². The van der Waals surface area contributed by atoms with Crippen molar-refractivity contribution in [2.24, 2.45) is 0 Å². The molecular formula is C25H23NO2. The van der Waals surface area contributed by atoms with E-state index in [9.17, 15) is 4.79 Å². The van der Waals surface area contributed by atoms with Crippen LogP contribution in [0, 0.1) is 13.8 Å². The summed E-state index contributed by atoms with van der Waals surface area (Å²) in [4.78, 5) is 12.2. The molecule has 0 spiro atoms. The van der Waals surface area contributed by atoms with Gasteiger partial charge in [0.05, 0.1) is 6.04 Å². The maximum Gasteiger partial charge on any atom is 0.336 e. The van der Waals surface area contributed by atoms with Crippen LogP contribution in [0.4, 0.5) is 0 Å². The van der Waals surface area contributed by atoms with Gasteiger partial charge < -0.3 is 9.73 Å². The Morgan fingerprint density at radius 1 is 0.857 bits per heavy atom. The average Bonchev–Trinajstić information content (AvgIpc) is 2.73. The number of hydrogen-bond acceptors (Lipinski definition) is 3. The van der Waals surface area contributed by atoms with E-state index in [0.717, 1.165) is 22.1 Å². The molecule has 0 amide bonds. The Kier molecular flexibility index (Phi) is 5.09. The van der Waals surface area contributed by atoms with Crippen molar-refractivity contribution < 1.29 is 4.42 Å². The summed E-state index contributed by atoms with van der Waals surface area (Å²) in [5, 5.41) is 4.62. The zero-order valence-electron chi connectivity index (χ0n) is 16.1. The van der Waals surface area contributed by atoms with Crippen LogP contribution in [0.15, 0.2) is 88.1 Å². The van der Waals surface area contributed by atoms with Crippen molar-refractivity contribution in [1.82, 2.24) is 5.32 Å². The Morgan fingerprint density at radius 2 is 1.46 bits per heavy atom. The van der Waals surface area contributed by atoms with Crippen molar-refractivity contribution >= 4 is 11.0 Å². The minimum Gasteiger partial charge on any atom is -0.422 e. The summed E-state index contributed by atoms with van der Waals surface area (Å²) in [6.45, 7) is 4.59. The third-order valence-electron chi connectivity index (χ3n) is 5.28. The molecule has 1 heterocycles. The van der Waals surface area contributed by atoms with Gasteiger partial charge in [0.25, 0.3) is 0 Å². The van der Waals surface area contributed by atoms with Crippen molar-refractivity contribution in [1.29, 1.82) is 0 Å². The molecule has 0 saturated carbocycles. The predicted molar refractivity (Wildman–Crippen MR) is 114 cm³/mol. The van der Waals surface area contributed by atoms with Crippen molar-refractivity contribution in [2.45, 2.75) is 26.4 Å². The van der Waals surface area contributed by atoms with E-state index < -0.39 is 0 Å². The molecule has 0 radical (unpaired) electrons. The lowest BCUT2D eigenvalue weighted by Crippen LogP contribution is -2.22. The molecule has 1 aromatic heterocycles. The summed E-state index contributed by atoms with van der Waals surface area (Å²) in [5.74, 6) is 0. The fraction of sp³-hybridized carbons (Fsp3) is 0.160. The van der Waals surface area contributed by atoms with E-state index in [-0.39, 0.29) is 11.7 Å². The van der Waals surface area contributed by atoms with E-state index in [0.29, 0.717) is 12.1 Å². The minimum absolute atomic E-state index is 0.0382. The molecule has 3 aromatic carbocycles. The highest BCUT2D eigenvalue weighted by Gasteiger charge is 2.15. The Hall–Kier alpha value is -3.17. The number of hydrogen-bond donors (Lipinski definition) is 1. The lowest BCUT2D eigenvalue weighted by Gasteiger charge is -2.20. The van der Waals surface area contributed by atoms with Gasteiger partial charge in [-0.25, -0.2) is 4.79 Å². The van der Waals surface area contributed by atoms with E-state index >= 15 is 0 Å². The van der Waals surface area contributed by atoms with Crippen molar-refractivity contribution in [3.8, 4) is 0 Å². The number of rotatable bonds is 5. The molecule has 1 N–H and O–H groups in total. The fourth-order valence-corrected chi connectivity index (χ4v) is 3.60. The fourth-order valence-electron chi connectivity index (χ4n) is 3.60. The summed E-state index contributed by atoms with van der Waals surface area (Å²) in [7, 11) is 0. The highest BCUT2D eigenvalue weighted by Crippen LogP contribution is 2.26. The second kappa shape index (κ2) is 7.83. The maximum absolute atomic E-state index is 12.2. The van der Waals surface area contributed by atoms with E-state index in [4.69, 9.17) is 4.42 Å². The molecule has 0 aliphatic carbocycles. The average molecular weight is 369 g/mol. The Morgan fingerprint density at radius 3 is 2.07 bits per heavy atom. The molecule has 0 aliphatic rings. The third-order valence-corrected chi connectivity index (χ3v) is 5.28. The third kappa shape index (κ3) is 3.62. The second-order valence-electron chi connectivity index (χ2n) is 7.11. The molecule has 0 aliphatic heterocycles. The van der Waals surface area contributed by atoms with Crippen molar-refractivity contribution in [3.05, 3.63) is 117 Å². The van der Waals surface area contributed by atoms with Crippen LogP contribution in [0.1, 0.15) is 33.9 Å². The van der Waals surface area contributed by atoms with Gasteiger partial charge in [0.2, 0.25) is 0 Å². The minimum atomic E-state index is -0.311. The molecule has 0 saturated heterocycles. The number of fused-ring (bicyclic) bond motifs is 1. The summed E-state index contributed by atoms with van der Waals surface area (Å²) >= 11 is 0. The van der Waals surface area contributed by atoms with Gasteiger partial charge in [0.1, 0.15) is 5.58 Å². The largest absolute Gasteiger partial charge is 0.422 e. The first kappa shape index (κ1) is 18.2. The van der Waals surface area contributed by atoms with Gasteiger partial charge >= 0.3 is 5.63 Å². The lowest BCUT2D eigenvalue weighted by molar-refractivity contribution is 0.550. The standard InChI is InChI=1S/C25H23NO2/c1-17-13-14-22-21(15-23(27)28-25(22)18(17)2)16-26-24(19-9-5-3-6-10-19)20-11-7-4-8-12-20/h3-15,24,26H,16H2,1-2H3. The summed E-state index contributed by atoms with van der Waals surface area (Å²) in [6.07, 6.45) is 0. The van der Waals surface area contributed by atoms with Crippen LogP contribution in [0.25, 0.3) is 11.0 Å². The molecule has 4 rings (SSSR count). The normalized spacial score (nSPS) is 11.2. The molecule has 140 valence electrons. The van der Waals surface area contributed by atoms with Gasteiger partial charge in [-0.3, -0.25) is 0 Å². The summed E-state index contributed by atoms with van der Waals surface area (Å²) < 4.78 is 5.51. The smallest absolute Gasteiger partial charge is 0.336 e. The van der Waals surface area contributed by atoms with Crippen LogP contribution >= 0.6 is 0 Å². The van der Waals surface area contributed by atoms with Crippen LogP contribution in [0.3, 0.4) is 0 Å². The highest BCUT2D eigenvalue weighted by atomic mass is 16.4. The van der Waals surface area contributed by atoms with Gasteiger partial charge in [-0.1, -0.05) is 72.8 Å². The molecule has 0 atom stereocenters. The van der Waals surface area contributed by atoms with Gasteiger partial charge in [-0.05, 0) is 41.7 Å². The molecule has 28 heavy (non-hydrogen) atoms. The van der Waals surface area contributed by atoms with Crippen LogP contribution in [0.5, 0.6) is 0 Å². The summed E-state index contributed by atoms with van der Waals surface area (Å²) in [6, 6.07) is 26.5. The van der Waals surface area contributed by atoms with E-state index in [2.05, 4.69) is 35.6 Å². The second-order valence-corrected chi connectivity index (χ2v) is 7.11. The topological polar surface area (TPSA) is 42.2 Å². The highest BCUT2D eigenvalue weighted by molar-refractivity contribution is 5.83. The number of nitrogens with one attached hydrogen (secondary N) is 1. The summed E-state index contributed by atoms with van der Waals surface area (Å²) in [5.41, 5.74) is 5.83. The quantitative estimate of drug-likeness (QED) is 0.486. The first-order valence-electron chi connectivity index (χ1n) is 9.49. The molecule has 3 nitrogen and oxygen atoms in total.